The van der Waals surface area contributed by atoms with Crippen LogP contribution in [0, 0.1) is 5.92 Å². The number of benzene rings is 1. The van der Waals surface area contributed by atoms with Gasteiger partial charge in [0, 0.05) is 50.2 Å². The Morgan fingerprint density at radius 3 is 2.35 bits per heavy atom. The van der Waals surface area contributed by atoms with Gasteiger partial charge in [-0.05, 0) is 37.6 Å². The van der Waals surface area contributed by atoms with Gasteiger partial charge in [-0.25, -0.2) is 8.42 Å². The molecule has 0 aliphatic carbocycles. The van der Waals surface area contributed by atoms with E-state index in [0.717, 1.165) is 32.7 Å². The Labute approximate surface area is 160 Å². The van der Waals surface area contributed by atoms with Gasteiger partial charge in [0.1, 0.15) is 0 Å². The molecule has 0 radical (unpaired) electrons. The van der Waals surface area contributed by atoms with Crippen molar-refractivity contribution in [3.63, 3.8) is 0 Å². The molecular weight excluding hydrogens is 374 g/mol. The fourth-order valence-electron chi connectivity index (χ4n) is 3.66. The van der Waals surface area contributed by atoms with Crippen molar-refractivity contribution in [3.8, 4) is 0 Å². The van der Waals surface area contributed by atoms with E-state index in [4.69, 9.17) is 11.6 Å². The quantitative estimate of drug-likeness (QED) is 0.775. The molecule has 2 aliphatic rings. The zero-order chi connectivity index (χ0) is 18.7. The lowest BCUT2D eigenvalue weighted by Crippen LogP contribution is -2.51. The molecule has 6 nitrogen and oxygen atoms in total. The SMILES string of the molecule is CCN1CCN(C(=O)C2CCN(S(=O)(=O)c3cccc(Cl)c3)CC2)CC1. The van der Waals surface area contributed by atoms with E-state index in [0.29, 0.717) is 31.0 Å². The van der Waals surface area contributed by atoms with Crippen LogP contribution in [-0.2, 0) is 14.8 Å². The molecule has 0 spiro atoms. The number of amides is 1. The predicted molar refractivity (Wildman–Crippen MR) is 102 cm³/mol. The monoisotopic (exact) mass is 399 g/mol. The van der Waals surface area contributed by atoms with E-state index in [2.05, 4.69) is 11.8 Å². The van der Waals surface area contributed by atoms with E-state index in [-0.39, 0.29) is 16.7 Å². The fourth-order valence-corrected chi connectivity index (χ4v) is 5.43. The third-order valence-corrected chi connectivity index (χ3v) is 7.50. The van der Waals surface area contributed by atoms with Crippen molar-refractivity contribution in [1.29, 1.82) is 0 Å². The maximum Gasteiger partial charge on any atom is 0.243 e. The molecule has 2 heterocycles. The molecule has 0 bridgehead atoms. The third-order valence-electron chi connectivity index (χ3n) is 5.37. The molecule has 0 atom stereocenters. The number of hydrogen-bond donors (Lipinski definition) is 0. The molecule has 0 aromatic heterocycles. The number of carbonyl (C=O) groups excluding carboxylic acids is 1. The normalized spacial score (nSPS) is 21.1. The Bertz CT molecular complexity index is 740. The van der Waals surface area contributed by atoms with Gasteiger partial charge in [-0.1, -0.05) is 24.6 Å². The summed E-state index contributed by atoms with van der Waals surface area (Å²) in [5, 5.41) is 0.405. The van der Waals surface area contributed by atoms with Gasteiger partial charge in [0.15, 0.2) is 0 Å². The molecule has 2 aliphatic heterocycles. The van der Waals surface area contributed by atoms with Crippen molar-refractivity contribution in [2.75, 3.05) is 45.8 Å². The van der Waals surface area contributed by atoms with Crippen LogP contribution >= 0.6 is 11.6 Å². The highest BCUT2D eigenvalue weighted by Gasteiger charge is 2.34. The maximum atomic E-state index is 12.8. The minimum absolute atomic E-state index is 0.0750. The van der Waals surface area contributed by atoms with Crippen molar-refractivity contribution in [2.24, 2.45) is 5.92 Å². The largest absolute Gasteiger partial charge is 0.340 e. The summed E-state index contributed by atoms with van der Waals surface area (Å²) in [6, 6.07) is 6.33. The average molecular weight is 400 g/mol. The summed E-state index contributed by atoms with van der Waals surface area (Å²) in [4.78, 5) is 17.2. The standard InChI is InChI=1S/C18H26ClN3O3S/c1-2-20-10-12-21(13-11-20)18(23)15-6-8-22(9-7-15)26(24,25)17-5-3-4-16(19)14-17/h3-5,14-15H,2,6-13H2,1H3. The van der Waals surface area contributed by atoms with Gasteiger partial charge in [-0.3, -0.25) is 4.79 Å². The van der Waals surface area contributed by atoms with Crippen molar-refractivity contribution in [2.45, 2.75) is 24.7 Å². The number of hydrogen-bond acceptors (Lipinski definition) is 4. The number of likely N-dealkylation sites (N-methyl/N-ethyl adjacent to an activating group) is 1. The van der Waals surface area contributed by atoms with Crippen LogP contribution in [-0.4, -0.2) is 74.2 Å². The molecule has 144 valence electrons. The number of sulfonamides is 1. The first-order valence-electron chi connectivity index (χ1n) is 9.18. The molecule has 0 saturated carbocycles. The van der Waals surface area contributed by atoms with Gasteiger partial charge in [-0.15, -0.1) is 0 Å². The molecule has 1 amide bonds. The Hall–Kier alpha value is -1.15. The van der Waals surface area contributed by atoms with Crippen LogP contribution < -0.4 is 0 Å². The minimum atomic E-state index is -3.55. The van der Waals surface area contributed by atoms with Gasteiger partial charge < -0.3 is 9.80 Å². The molecule has 8 heteroatoms. The van der Waals surface area contributed by atoms with Gasteiger partial charge >= 0.3 is 0 Å². The lowest BCUT2D eigenvalue weighted by Gasteiger charge is -2.38. The second-order valence-electron chi connectivity index (χ2n) is 6.90. The summed E-state index contributed by atoms with van der Waals surface area (Å²) in [5.41, 5.74) is 0. The van der Waals surface area contributed by atoms with Crippen LogP contribution in [0.1, 0.15) is 19.8 Å². The van der Waals surface area contributed by atoms with Gasteiger partial charge in [0.05, 0.1) is 4.90 Å². The van der Waals surface area contributed by atoms with Gasteiger partial charge in [0.25, 0.3) is 0 Å². The number of rotatable bonds is 4. The van der Waals surface area contributed by atoms with E-state index in [1.165, 1.54) is 10.4 Å². The molecule has 1 aromatic rings. The number of nitrogens with zero attached hydrogens (tertiary/aromatic N) is 3. The summed E-state index contributed by atoms with van der Waals surface area (Å²) in [7, 11) is -3.55. The Kier molecular flexibility index (Phi) is 6.22. The first-order chi connectivity index (χ1) is 12.4. The summed E-state index contributed by atoms with van der Waals surface area (Å²) >= 11 is 5.92. The van der Waals surface area contributed by atoms with E-state index >= 15 is 0 Å². The average Bonchev–Trinajstić information content (AvgIpc) is 2.67. The zero-order valence-corrected chi connectivity index (χ0v) is 16.7. The zero-order valence-electron chi connectivity index (χ0n) is 15.1. The predicted octanol–water partition coefficient (Wildman–Crippen LogP) is 1.90. The lowest BCUT2D eigenvalue weighted by atomic mass is 9.96. The number of carbonyl (C=O) groups is 1. The van der Waals surface area contributed by atoms with Crippen molar-refractivity contribution in [3.05, 3.63) is 29.3 Å². The molecular formula is C18H26ClN3O3S. The van der Waals surface area contributed by atoms with Crippen LogP contribution in [0.2, 0.25) is 5.02 Å². The second-order valence-corrected chi connectivity index (χ2v) is 9.27. The summed E-state index contributed by atoms with van der Waals surface area (Å²) < 4.78 is 27.0. The molecule has 0 N–H and O–H groups in total. The van der Waals surface area contributed by atoms with E-state index < -0.39 is 10.0 Å². The van der Waals surface area contributed by atoms with E-state index in [9.17, 15) is 13.2 Å². The topological polar surface area (TPSA) is 60.9 Å². The van der Waals surface area contributed by atoms with E-state index in [1.54, 1.807) is 18.2 Å². The molecule has 2 fully saturated rings. The number of piperidine rings is 1. The molecule has 26 heavy (non-hydrogen) atoms. The Balaban J connectivity index is 1.58. The van der Waals surface area contributed by atoms with Gasteiger partial charge in [0.2, 0.25) is 15.9 Å². The minimum Gasteiger partial charge on any atom is -0.340 e. The summed E-state index contributed by atoms with van der Waals surface area (Å²) in [6.45, 7) is 7.28. The first-order valence-corrected chi connectivity index (χ1v) is 11.0. The highest BCUT2D eigenvalue weighted by molar-refractivity contribution is 7.89. The molecule has 2 saturated heterocycles. The highest BCUT2D eigenvalue weighted by Crippen LogP contribution is 2.26. The van der Waals surface area contributed by atoms with Crippen molar-refractivity contribution in [1.82, 2.24) is 14.1 Å². The van der Waals surface area contributed by atoms with Crippen LogP contribution in [0.5, 0.6) is 0 Å². The Morgan fingerprint density at radius 1 is 1.12 bits per heavy atom. The number of halogens is 1. The maximum absolute atomic E-state index is 12.8. The number of piperazine rings is 1. The summed E-state index contributed by atoms with van der Waals surface area (Å²) in [5.74, 6) is 0.106. The van der Waals surface area contributed by atoms with Crippen molar-refractivity contribution >= 4 is 27.5 Å². The van der Waals surface area contributed by atoms with Crippen LogP contribution in [0.25, 0.3) is 0 Å². The second kappa shape index (κ2) is 8.25. The Morgan fingerprint density at radius 2 is 1.77 bits per heavy atom. The summed E-state index contributed by atoms with van der Waals surface area (Å²) in [6.07, 6.45) is 1.15. The van der Waals surface area contributed by atoms with Crippen LogP contribution in [0.4, 0.5) is 0 Å². The molecule has 0 unspecified atom stereocenters. The lowest BCUT2D eigenvalue weighted by molar-refractivity contribution is -0.138. The van der Waals surface area contributed by atoms with Crippen LogP contribution in [0.15, 0.2) is 29.2 Å². The third kappa shape index (κ3) is 4.22. The van der Waals surface area contributed by atoms with Crippen LogP contribution in [0.3, 0.4) is 0 Å². The first kappa shape index (κ1) is 19.6. The smallest absolute Gasteiger partial charge is 0.243 e. The fraction of sp³-hybridized carbons (Fsp3) is 0.611. The highest BCUT2D eigenvalue weighted by atomic mass is 35.5. The van der Waals surface area contributed by atoms with Crippen molar-refractivity contribution < 1.29 is 13.2 Å². The van der Waals surface area contributed by atoms with E-state index in [1.807, 2.05) is 4.90 Å². The van der Waals surface area contributed by atoms with Gasteiger partial charge in [-0.2, -0.15) is 4.31 Å². The molecule has 1 aromatic carbocycles. The molecule has 3 rings (SSSR count).